The van der Waals surface area contributed by atoms with Crippen LogP contribution in [0.1, 0.15) is 18.9 Å². The summed E-state index contributed by atoms with van der Waals surface area (Å²) in [5.41, 5.74) is 6.80. The van der Waals surface area contributed by atoms with Crippen LogP contribution < -0.4 is 11.1 Å². The Bertz CT molecular complexity index is 343. The van der Waals surface area contributed by atoms with Crippen molar-refractivity contribution in [2.45, 2.75) is 25.8 Å². The lowest BCUT2D eigenvalue weighted by atomic mass is 10.1. The van der Waals surface area contributed by atoms with Gasteiger partial charge in [-0.15, -0.1) is 12.4 Å². The van der Waals surface area contributed by atoms with Gasteiger partial charge >= 0.3 is 0 Å². The van der Waals surface area contributed by atoms with Crippen molar-refractivity contribution in [3.63, 3.8) is 0 Å². The summed E-state index contributed by atoms with van der Waals surface area (Å²) in [4.78, 5) is 11.4. The largest absolute Gasteiger partial charge is 0.354 e. The number of carbonyl (C=O) groups excluding carboxylic acids is 1. The molecular weight excluding hydrogens is 304 g/mol. The average Bonchev–Trinajstić information content (AvgIpc) is 2.30. The van der Waals surface area contributed by atoms with Crippen LogP contribution in [0.25, 0.3) is 0 Å². The van der Waals surface area contributed by atoms with Crippen molar-refractivity contribution in [2.24, 2.45) is 5.73 Å². The molecule has 3 N–H and O–H groups in total. The molecule has 0 fully saturated rings. The van der Waals surface area contributed by atoms with E-state index in [4.69, 9.17) is 5.73 Å². The number of benzene rings is 1. The number of carbonyl (C=O) groups is 1. The van der Waals surface area contributed by atoms with E-state index in [-0.39, 0.29) is 24.4 Å². The highest BCUT2D eigenvalue weighted by Gasteiger charge is 2.09. The van der Waals surface area contributed by atoms with Crippen LogP contribution in [0.5, 0.6) is 0 Å². The number of hydrogen-bond donors (Lipinski definition) is 2. The molecule has 0 saturated heterocycles. The molecule has 96 valence electrons. The van der Waals surface area contributed by atoms with Crippen LogP contribution in [-0.2, 0) is 11.2 Å². The van der Waals surface area contributed by atoms with Crippen LogP contribution in [0.3, 0.4) is 0 Å². The topological polar surface area (TPSA) is 55.1 Å². The second kappa shape index (κ2) is 8.50. The van der Waals surface area contributed by atoms with Gasteiger partial charge in [0, 0.05) is 11.0 Å². The predicted octanol–water partition coefficient (Wildman–Crippen LogP) is 2.27. The molecule has 0 aliphatic carbocycles. The Labute approximate surface area is 117 Å². The number of nitrogens with two attached hydrogens (primary N) is 1. The highest BCUT2D eigenvalue weighted by atomic mass is 79.9. The van der Waals surface area contributed by atoms with Crippen LogP contribution in [0, 0.1) is 0 Å². The monoisotopic (exact) mass is 320 g/mol. The minimum absolute atomic E-state index is 0. The molecule has 1 atom stereocenters. The Hall–Kier alpha value is -0.580. The van der Waals surface area contributed by atoms with Gasteiger partial charge in [0.1, 0.15) is 0 Å². The van der Waals surface area contributed by atoms with E-state index in [1.165, 1.54) is 5.56 Å². The van der Waals surface area contributed by atoms with Crippen molar-refractivity contribution < 1.29 is 4.79 Å². The summed E-state index contributed by atoms with van der Waals surface area (Å²) in [6, 6.07) is 7.68. The number of hydrogen-bond acceptors (Lipinski definition) is 2. The van der Waals surface area contributed by atoms with E-state index < -0.39 is 0 Å². The molecule has 0 heterocycles. The molecule has 1 aromatic carbocycles. The maximum atomic E-state index is 11.4. The smallest absolute Gasteiger partial charge is 0.236 e. The lowest BCUT2D eigenvalue weighted by molar-refractivity contribution is -0.122. The van der Waals surface area contributed by atoms with E-state index in [1.54, 1.807) is 0 Å². The summed E-state index contributed by atoms with van der Waals surface area (Å²) in [5, 5.41) is 2.82. The third-order valence-corrected chi connectivity index (χ3v) is 2.93. The molecule has 0 aliphatic rings. The summed E-state index contributed by atoms with van der Waals surface area (Å²) < 4.78 is 1.06. The van der Waals surface area contributed by atoms with Crippen molar-refractivity contribution in [3.8, 4) is 0 Å². The molecule has 5 heteroatoms. The first kappa shape index (κ1) is 16.4. The fraction of sp³-hybridized carbons (Fsp3) is 0.417. The van der Waals surface area contributed by atoms with E-state index in [2.05, 4.69) is 21.2 Å². The predicted molar refractivity (Wildman–Crippen MR) is 76.4 cm³/mol. The van der Waals surface area contributed by atoms with Gasteiger partial charge < -0.3 is 11.1 Å². The van der Waals surface area contributed by atoms with Gasteiger partial charge in [0.2, 0.25) is 5.91 Å². The highest BCUT2D eigenvalue weighted by Crippen LogP contribution is 2.10. The lowest BCUT2D eigenvalue weighted by Gasteiger charge is -2.09. The van der Waals surface area contributed by atoms with E-state index in [9.17, 15) is 4.79 Å². The normalized spacial score (nSPS) is 11.5. The van der Waals surface area contributed by atoms with Gasteiger partial charge in [-0.25, -0.2) is 0 Å². The standard InChI is InChI=1S/C12H17BrN2O.ClH/c1-2-11(14)12(16)15-8-7-9-3-5-10(13)6-4-9;/h3-6,11H,2,7-8,14H2,1H3,(H,15,16);1H/t11-;/m0./s1. The SMILES string of the molecule is CC[C@H](N)C(=O)NCCc1ccc(Br)cc1.Cl. The first-order valence-corrected chi connectivity index (χ1v) is 6.20. The summed E-state index contributed by atoms with van der Waals surface area (Å²) in [6.45, 7) is 2.53. The Morgan fingerprint density at radius 1 is 1.41 bits per heavy atom. The first-order valence-electron chi connectivity index (χ1n) is 5.41. The Morgan fingerprint density at radius 2 is 2.00 bits per heavy atom. The second-order valence-corrected chi connectivity index (χ2v) is 4.60. The van der Waals surface area contributed by atoms with Gasteiger partial charge in [-0.05, 0) is 30.5 Å². The molecule has 0 aromatic heterocycles. The average molecular weight is 322 g/mol. The van der Waals surface area contributed by atoms with Crippen molar-refractivity contribution >= 4 is 34.2 Å². The lowest BCUT2D eigenvalue weighted by Crippen LogP contribution is -2.40. The molecular formula is C12H18BrClN2O. The van der Waals surface area contributed by atoms with Gasteiger partial charge in [-0.2, -0.15) is 0 Å². The molecule has 1 aromatic rings. The summed E-state index contributed by atoms with van der Waals surface area (Å²) in [6.07, 6.45) is 1.50. The minimum Gasteiger partial charge on any atom is -0.354 e. The Kier molecular flexibility index (Phi) is 8.21. The second-order valence-electron chi connectivity index (χ2n) is 3.68. The van der Waals surface area contributed by atoms with Crippen LogP contribution in [0.15, 0.2) is 28.7 Å². The third kappa shape index (κ3) is 6.05. The summed E-state index contributed by atoms with van der Waals surface area (Å²) in [5.74, 6) is -0.0698. The molecule has 0 unspecified atom stereocenters. The van der Waals surface area contributed by atoms with Crippen molar-refractivity contribution in [1.29, 1.82) is 0 Å². The van der Waals surface area contributed by atoms with Crippen LogP contribution >= 0.6 is 28.3 Å². The maximum absolute atomic E-state index is 11.4. The fourth-order valence-electron chi connectivity index (χ4n) is 1.30. The zero-order chi connectivity index (χ0) is 12.0. The number of rotatable bonds is 5. The molecule has 0 bridgehead atoms. The molecule has 0 saturated carbocycles. The van der Waals surface area contributed by atoms with Gasteiger partial charge in [0.15, 0.2) is 0 Å². The van der Waals surface area contributed by atoms with Crippen molar-refractivity contribution in [1.82, 2.24) is 5.32 Å². The molecule has 0 aliphatic heterocycles. The minimum atomic E-state index is -0.384. The molecule has 0 radical (unpaired) electrons. The van der Waals surface area contributed by atoms with Crippen LogP contribution in [-0.4, -0.2) is 18.5 Å². The fourth-order valence-corrected chi connectivity index (χ4v) is 1.56. The molecule has 1 rings (SSSR count). The van der Waals surface area contributed by atoms with E-state index in [0.29, 0.717) is 13.0 Å². The molecule has 17 heavy (non-hydrogen) atoms. The van der Waals surface area contributed by atoms with Gasteiger partial charge in [0.25, 0.3) is 0 Å². The van der Waals surface area contributed by atoms with Crippen LogP contribution in [0.2, 0.25) is 0 Å². The zero-order valence-corrected chi connectivity index (χ0v) is 12.2. The van der Waals surface area contributed by atoms with E-state index in [1.807, 2.05) is 31.2 Å². The van der Waals surface area contributed by atoms with Crippen LogP contribution in [0.4, 0.5) is 0 Å². The maximum Gasteiger partial charge on any atom is 0.236 e. The van der Waals surface area contributed by atoms with Gasteiger partial charge in [-0.1, -0.05) is 35.0 Å². The highest BCUT2D eigenvalue weighted by molar-refractivity contribution is 9.10. The van der Waals surface area contributed by atoms with E-state index >= 15 is 0 Å². The van der Waals surface area contributed by atoms with Gasteiger partial charge in [0.05, 0.1) is 6.04 Å². The Morgan fingerprint density at radius 3 is 2.53 bits per heavy atom. The van der Waals surface area contributed by atoms with Crippen molar-refractivity contribution in [2.75, 3.05) is 6.54 Å². The Balaban J connectivity index is 0.00000256. The van der Waals surface area contributed by atoms with Crippen molar-refractivity contribution in [3.05, 3.63) is 34.3 Å². The summed E-state index contributed by atoms with van der Waals surface area (Å²) >= 11 is 3.38. The van der Waals surface area contributed by atoms with E-state index in [0.717, 1.165) is 10.9 Å². The number of amides is 1. The molecule has 3 nitrogen and oxygen atoms in total. The zero-order valence-electron chi connectivity index (χ0n) is 9.78. The third-order valence-electron chi connectivity index (χ3n) is 2.40. The summed E-state index contributed by atoms with van der Waals surface area (Å²) in [7, 11) is 0. The quantitative estimate of drug-likeness (QED) is 0.874. The van der Waals surface area contributed by atoms with Gasteiger partial charge in [-0.3, -0.25) is 4.79 Å². The number of halogens is 2. The molecule has 1 amide bonds. The number of nitrogens with one attached hydrogen (secondary N) is 1. The first-order chi connectivity index (χ1) is 7.63. The molecule has 0 spiro atoms.